The number of carbonyl (C=O) groups is 2. The number of hydrogen-bond donors (Lipinski definition) is 1. The first-order valence-corrected chi connectivity index (χ1v) is 15.9. The lowest BCUT2D eigenvalue weighted by Crippen LogP contribution is -2.53. The lowest BCUT2D eigenvalue weighted by Gasteiger charge is -2.33. The minimum atomic E-state index is -4.14. The molecule has 7 nitrogen and oxygen atoms in total. The smallest absolute Gasteiger partial charge is 0.264 e. The quantitative estimate of drug-likeness (QED) is 0.311. The fourth-order valence-electron chi connectivity index (χ4n) is 5.10. The number of hydrogen-bond acceptors (Lipinski definition) is 4. The van der Waals surface area contributed by atoms with Crippen LogP contribution in [0.25, 0.3) is 0 Å². The molecule has 0 radical (unpaired) electrons. The number of halogens is 1. The number of amides is 2. The van der Waals surface area contributed by atoms with Gasteiger partial charge in [-0.05, 0) is 81.1 Å². The van der Waals surface area contributed by atoms with Crippen molar-refractivity contribution >= 4 is 39.1 Å². The van der Waals surface area contributed by atoms with Gasteiger partial charge in [0, 0.05) is 17.6 Å². The Bertz CT molecular complexity index is 1450. The van der Waals surface area contributed by atoms with Crippen LogP contribution >= 0.6 is 11.6 Å². The number of nitrogens with one attached hydrogen (secondary N) is 1. The highest BCUT2D eigenvalue weighted by atomic mass is 35.5. The summed E-state index contributed by atoms with van der Waals surface area (Å²) in [5.74, 6) is -0.709. The van der Waals surface area contributed by atoms with E-state index in [2.05, 4.69) is 5.32 Å². The fraction of sp³-hybridized carbons (Fsp3) is 0.375. The van der Waals surface area contributed by atoms with Gasteiger partial charge in [0.1, 0.15) is 12.6 Å². The summed E-state index contributed by atoms with van der Waals surface area (Å²) in [6, 6.07) is 19.8. The Morgan fingerprint density at radius 1 is 0.927 bits per heavy atom. The highest BCUT2D eigenvalue weighted by molar-refractivity contribution is 7.92. The van der Waals surface area contributed by atoms with Crippen LogP contribution in [-0.4, -0.2) is 43.8 Å². The molecule has 9 heteroatoms. The Kier molecular flexibility index (Phi) is 10.1. The zero-order valence-corrected chi connectivity index (χ0v) is 25.4. The summed E-state index contributed by atoms with van der Waals surface area (Å²) in [4.78, 5) is 29.0. The molecule has 1 N–H and O–H groups in total. The van der Waals surface area contributed by atoms with Gasteiger partial charge in [-0.2, -0.15) is 0 Å². The third-order valence-corrected chi connectivity index (χ3v) is 9.76. The summed E-state index contributed by atoms with van der Waals surface area (Å²) >= 11 is 6.02. The molecule has 1 aliphatic carbocycles. The van der Waals surface area contributed by atoms with E-state index in [1.165, 1.54) is 29.2 Å². The molecule has 0 spiro atoms. The topological polar surface area (TPSA) is 86.8 Å². The monoisotopic (exact) mass is 595 g/mol. The first-order chi connectivity index (χ1) is 19.6. The first-order valence-electron chi connectivity index (χ1n) is 14.1. The number of anilines is 1. The number of benzene rings is 3. The Morgan fingerprint density at radius 2 is 1.56 bits per heavy atom. The lowest BCUT2D eigenvalue weighted by molar-refractivity contribution is -0.139. The van der Waals surface area contributed by atoms with Crippen molar-refractivity contribution in [3.8, 4) is 0 Å². The predicted octanol–water partition coefficient (Wildman–Crippen LogP) is 6.02. The molecule has 218 valence electrons. The van der Waals surface area contributed by atoms with Crippen molar-refractivity contribution in [2.45, 2.75) is 76.4 Å². The van der Waals surface area contributed by atoms with Crippen molar-refractivity contribution in [1.29, 1.82) is 0 Å². The van der Waals surface area contributed by atoms with Crippen LogP contribution in [0.15, 0.2) is 77.7 Å². The van der Waals surface area contributed by atoms with Gasteiger partial charge in [0.15, 0.2) is 0 Å². The molecule has 41 heavy (non-hydrogen) atoms. The van der Waals surface area contributed by atoms with Gasteiger partial charge in [0.05, 0.1) is 10.6 Å². The molecular weight excluding hydrogens is 558 g/mol. The van der Waals surface area contributed by atoms with E-state index in [9.17, 15) is 18.0 Å². The average molecular weight is 596 g/mol. The summed E-state index contributed by atoms with van der Waals surface area (Å²) in [6.07, 6.45) is 5.14. The largest absolute Gasteiger partial charge is 0.352 e. The van der Waals surface area contributed by atoms with Gasteiger partial charge in [-0.3, -0.25) is 13.9 Å². The number of rotatable bonds is 10. The van der Waals surface area contributed by atoms with Gasteiger partial charge in [-0.1, -0.05) is 72.8 Å². The molecule has 3 aromatic carbocycles. The molecule has 0 aromatic heterocycles. The maximum atomic E-state index is 14.1. The van der Waals surface area contributed by atoms with Crippen LogP contribution in [0.1, 0.15) is 55.7 Å². The van der Waals surface area contributed by atoms with Crippen molar-refractivity contribution in [2.75, 3.05) is 10.8 Å². The molecule has 0 heterocycles. The third kappa shape index (κ3) is 7.68. The first kappa shape index (κ1) is 30.6. The molecule has 0 bridgehead atoms. The summed E-state index contributed by atoms with van der Waals surface area (Å²) in [5.41, 5.74) is 3.18. The molecule has 0 unspecified atom stereocenters. The number of sulfonamides is 1. The molecule has 0 aliphatic heterocycles. The molecule has 2 amide bonds. The van der Waals surface area contributed by atoms with Crippen molar-refractivity contribution < 1.29 is 18.0 Å². The predicted molar refractivity (Wildman–Crippen MR) is 163 cm³/mol. The Morgan fingerprint density at radius 3 is 2.20 bits per heavy atom. The van der Waals surface area contributed by atoms with E-state index in [1.807, 2.05) is 38.1 Å². The molecule has 3 aromatic rings. The van der Waals surface area contributed by atoms with Crippen molar-refractivity contribution in [3.63, 3.8) is 0 Å². The Labute approximate surface area is 248 Å². The summed E-state index contributed by atoms with van der Waals surface area (Å²) < 4.78 is 28.9. The van der Waals surface area contributed by atoms with E-state index < -0.39 is 28.5 Å². The number of aryl methyl sites for hydroxylation is 2. The summed E-state index contributed by atoms with van der Waals surface area (Å²) in [6.45, 7) is 5.27. The van der Waals surface area contributed by atoms with Crippen LogP contribution in [0.5, 0.6) is 0 Å². The molecule has 1 atom stereocenters. The van der Waals surface area contributed by atoms with E-state index in [0.717, 1.165) is 53.1 Å². The van der Waals surface area contributed by atoms with Crippen LogP contribution < -0.4 is 9.62 Å². The van der Waals surface area contributed by atoms with E-state index in [0.29, 0.717) is 10.7 Å². The standard InChI is InChI=1S/C32H38ClN3O4S/c1-23-13-17-29(18-14-23)36(41(39,40)30-19-15-27(33)16-20-30)22-31(37)35(21-26-10-8-7-9-24(26)2)25(3)32(38)34-28-11-5-4-6-12-28/h7-10,13-20,25,28H,4-6,11-12,21-22H2,1-3H3,(H,34,38)/t25-/m1/s1. The van der Waals surface area contributed by atoms with Crippen LogP contribution in [-0.2, 0) is 26.2 Å². The summed E-state index contributed by atoms with van der Waals surface area (Å²) in [5, 5.41) is 3.54. The van der Waals surface area contributed by atoms with E-state index >= 15 is 0 Å². The minimum Gasteiger partial charge on any atom is -0.352 e. The molecule has 1 aliphatic rings. The highest BCUT2D eigenvalue weighted by Gasteiger charge is 2.33. The van der Waals surface area contributed by atoms with Gasteiger partial charge in [0.25, 0.3) is 10.0 Å². The van der Waals surface area contributed by atoms with Crippen molar-refractivity contribution in [3.05, 3.63) is 94.5 Å². The number of nitrogens with zero attached hydrogens (tertiary/aromatic N) is 2. The SMILES string of the molecule is Cc1ccc(N(CC(=O)N(Cc2ccccc2C)[C@H](C)C(=O)NC2CCCCC2)S(=O)(=O)c2ccc(Cl)cc2)cc1. The van der Waals surface area contributed by atoms with Crippen LogP contribution in [0.2, 0.25) is 5.02 Å². The second kappa shape index (κ2) is 13.5. The maximum Gasteiger partial charge on any atom is 0.264 e. The molecule has 0 saturated heterocycles. The average Bonchev–Trinajstić information content (AvgIpc) is 2.96. The third-order valence-electron chi connectivity index (χ3n) is 7.72. The van der Waals surface area contributed by atoms with Gasteiger partial charge >= 0.3 is 0 Å². The molecule has 1 fully saturated rings. The van der Waals surface area contributed by atoms with E-state index in [4.69, 9.17) is 11.6 Å². The van der Waals surface area contributed by atoms with E-state index in [-0.39, 0.29) is 23.4 Å². The maximum absolute atomic E-state index is 14.1. The minimum absolute atomic E-state index is 0.0174. The van der Waals surface area contributed by atoms with Crippen molar-refractivity contribution in [1.82, 2.24) is 10.2 Å². The second-order valence-corrected chi connectivity index (χ2v) is 13.1. The van der Waals surface area contributed by atoms with E-state index in [1.54, 1.807) is 31.2 Å². The second-order valence-electron chi connectivity index (χ2n) is 10.8. The zero-order chi connectivity index (χ0) is 29.6. The fourth-order valence-corrected chi connectivity index (χ4v) is 6.64. The Balaban J connectivity index is 1.68. The highest BCUT2D eigenvalue weighted by Crippen LogP contribution is 2.26. The normalized spacial score (nSPS) is 14.7. The zero-order valence-electron chi connectivity index (χ0n) is 23.8. The summed E-state index contributed by atoms with van der Waals surface area (Å²) in [7, 11) is -4.14. The van der Waals surface area contributed by atoms with Gasteiger partial charge in [0.2, 0.25) is 11.8 Å². The van der Waals surface area contributed by atoms with Gasteiger partial charge in [-0.15, -0.1) is 0 Å². The molecule has 1 saturated carbocycles. The van der Waals surface area contributed by atoms with Crippen LogP contribution in [0.4, 0.5) is 5.69 Å². The van der Waals surface area contributed by atoms with Crippen LogP contribution in [0, 0.1) is 13.8 Å². The van der Waals surface area contributed by atoms with Crippen molar-refractivity contribution in [2.24, 2.45) is 0 Å². The van der Waals surface area contributed by atoms with Gasteiger partial charge < -0.3 is 10.2 Å². The molecular formula is C32H38ClN3O4S. The Hall–Kier alpha value is -3.36. The van der Waals surface area contributed by atoms with Gasteiger partial charge in [-0.25, -0.2) is 8.42 Å². The molecule has 4 rings (SSSR count). The van der Waals surface area contributed by atoms with Crippen LogP contribution in [0.3, 0.4) is 0 Å². The number of carbonyl (C=O) groups excluding carboxylic acids is 2. The lowest BCUT2D eigenvalue weighted by atomic mass is 9.95.